The number of nitrogens with one attached hydrogen (secondary N) is 1. The average Bonchev–Trinajstić information content (AvgIpc) is 2.87. The van der Waals surface area contributed by atoms with Crippen LogP contribution in [0.15, 0.2) is 59.5 Å². The van der Waals surface area contributed by atoms with Crippen molar-refractivity contribution in [2.45, 2.75) is 44.2 Å². The van der Waals surface area contributed by atoms with E-state index < -0.39 is 49.8 Å². The lowest BCUT2D eigenvalue weighted by Gasteiger charge is -2.31. The standard InChI is InChI=1S/C27H41N3O7S2/c1-20(2)17-30(39(35,36)24-14-12-23(37-6)13-15-24)18-26(31)25(16-22-10-8-7-9-11-22)28-27(32)21(3)19-38(33,34)29(4)5/h7-15,20-21,25-26,31H,16-19H2,1-6H3,(H,28,32). The molecule has 10 nitrogen and oxygen atoms in total. The normalized spacial score (nSPS) is 14.8. The van der Waals surface area contributed by atoms with Crippen LogP contribution in [0.1, 0.15) is 26.3 Å². The van der Waals surface area contributed by atoms with Crippen molar-refractivity contribution >= 4 is 26.0 Å². The molecule has 0 aromatic heterocycles. The Morgan fingerprint density at radius 3 is 2.05 bits per heavy atom. The first-order valence-corrected chi connectivity index (χ1v) is 15.8. The Labute approximate surface area is 233 Å². The van der Waals surface area contributed by atoms with Gasteiger partial charge in [-0.3, -0.25) is 4.79 Å². The molecule has 0 aliphatic carbocycles. The zero-order chi connectivity index (χ0) is 29.4. The molecular weight excluding hydrogens is 542 g/mol. The van der Waals surface area contributed by atoms with Gasteiger partial charge >= 0.3 is 0 Å². The van der Waals surface area contributed by atoms with Crippen LogP contribution in [0, 0.1) is 11.8 Å². The predicted octanol–water partition coefficient (Wildman–Crippen LogP) is 1.96. The molecule has 0 bridgehead atoms. The summed E-state index contributed by atoms with van der Waals surface area (Å²) in [5.41, 5.74) is 0.823. The molecule has 2 aromatic carbocycles. The number of carbonyl (C=O) groups is 1. The van der Waals surface area contributed by atoms with Crippen molar-refractivity contribution in [2.24, 2.45) is 11.8 Å². The van der Waals surface area contributed by atoms with Gasteiger partial charge in [0.15, 0.2) is 0 Å². The molecule has 3 atom stereocenters. The summed E-state index contributed by atoms with van der Waals surface area (Å²) >= 11 is 0. The second-order valence-electron chi connectivity index (χ2n) is 10.2. The van der Waals surface area contributed by atoms with E-state index in [2.05, 4.69) is 5.32 Å². The van der Waals surface area contributed by atoms with E-state index in [1.165, 1.54) is 44.6 Å². The third kappa shape index (κ3) is 9.57. The maximum absolute atomic E-state index is 13.6. The zero-order valence-corrected chi connectivity index (χ0v) is 25.1. The van der Waals surface area contributed by atoms with Crippen molar-refractivity contribution in [3.8, 4) is 5.75 Å². The molecule has 0 aliphatic heterocycles. The van der Waals surface area contributed by atoms with E-state index in [1.807, 2.05) is 44.2 Å². The summed E-state index contributed by atoms with van der Waals surface area (Å²) in [6, 6.07) is 14.3. The number of aliphatic hydroxyl groups excluding tert-OH is 1. The van der Waals surface area contributed by atoms with Gasteiger partial charge in [-0.1, -0.05) is 51.1 Å². The SMILES string of the molecule is COc1ccc(S(=O)(=O)N(CC(C)C)CC(O)C(Cc2ccccc2)NC(=O)C(C)CS(=O)(=O)N(C)C)cc1. The van der Waals surface area contributed by atoms with Crippen LogP contribution in [0.5, 0.6) is 5.75 Å². The molecular formula is C27H41N3O7S2. The monoisotopic (exact) mass is 583 g/mol. The van der Waals surface area contributed by atoms with Gasteiger partial charge in [0.1, 0.15) is 5.75 Å². The number of amides is 1. The van der Waals surface area contributed by atoms with E-state index in [1.54, 1.807) is 12.1 Å². The third-order valence-electron chi connectivity index (χ3n) is 6.21. The minimum absolute atomic E-state index is 0.0383. The Morgan fingerprint density at radius 2 is 1.54 bits per heavy atom. The maximum Gasteiger partial charge on any atom is 0.243 e. The molecule has 0 radical (unpaired) electrons. The fourth-order valence-corrected chi connectivity index (χ4v) is 6.63. The molecule has 12 heteroatoms. The maximum atomic E-state index is 13.6. The van der Waals surface area contributed by atoms with Gasteiger partial charge in [-0.2, -0.15) is 4.31 Å². The van der Waals surface area contributed by atoms with Gasteiger partial charge < -0.3 is 15.2 Å². The highest BCUT2D eigenvalue weighted by atomic mass is 32.2. The lowest BCUT2D eigenvalue weighted by Crippen LogP contribution is -2.52. The lowest BCUT2D eigenvalue weighted by atomic mass is 10.00. The molecule has 0 saturated heterocycles. The molecule has 0 fully saturated rings. The minimum Gasteiger partial charge on any atom is -0.497 e. The van der Waals surface area contributed by atoms with E-state index in [4.69, 9.17) is 4.74 Å². The van der Waals surface area contributed by atoms with Gasteiger partial charge in [0.05, 0.1) is 35.8 Å². The number of hydrogen-bond acceptors (Lipinski definition) is 7. The van der Waals surface area contributed by atoms with Crippen LogP contribution in [0.4, 0.5) is 0 Å². The summed E-state index contributed by atoms with van der Waals surface area (Å²) in [6.07, 6.45) is -1.06. The summed E-state index contributed by atoms with van der Waals surface area (Å²) < 4.78 is 59.1. The molecule has 2 aromatic rings. The molecule has 39 heavy (non-hydrogen) atoms. The number of hydrogen-bond donors (Lipinski definition) is 2. The van der Waals surface area contributed by atoms with E-state index in [-0.39, 0.29) is 30.3 Å². The first-order valence-electron chi connectivity index (χ1n) is 12.7. The summed E-state index contributed by atoms with van der Waals surface area (Å²) in [5, 5.41) is 14.1. The Hall–Kier alpha value is -2.51. The number of methoxy groups -OCH3 is 1. The largest absolute Gasteiger partial charge is 0.497 e. The van der Waals surface area contributed by atoms with E-state index in [0.717, 1.165) is 9.87 Å². The van der Waals surface area contributed by atoms with E-state index in [0.29, 0.717) is 5.75 Å². The summed E-state index contributed by atoms with van der Waals surface area (Å²) in [5.74, 6) is -1.36. The number of nitrogens with zero attached hydrogens (tertiary/aromatic N) is 2. The van der Waals surface area contributed by atoms with Crippen LogP contribution in [0.3, 0.4) is 0 Å². The summed E-state index contributed by atoms with van der Waals surface area (Å²) in [7, 11) is -3.33. The Balaban J connectivity index is 2.33. The smallest absolute Gasteiger partial charge is 0.243 e. The van der Waals surface area contributed by atoms with Gasteiger partial charge in [-0.05, 0) is 42.2 Å². The molecule has 3 unspecified atom stereocenters. The highest BCUT2D eigenvalue weighted by molar-refractivity contribution is 7.89. The van der Waals surface area contributed by atoms with Crippen LogP contribution in [-0.2, 0) is 31.3 Å². The molecule has 0 saturated carbocycles. The fraction of sp³-hybridized carbons (Fsp3) is 0.519. The molecule has 0 heterocycles. The third-order valence-corrected chi connectivity index (χ3v) is 10.1. The van der Waals surface area contributed by atoms with Gasteiger partial charge in [0, 0.05) is 27.2 Å². The van der Waals surface area contributed by atoms with Gasteiger partial charge in [-0.25, -0.2) is 21.1 Å². The van der Waals surface area contributed by atoms with Crippen LogP contribution in [-0.4, -0.2) is 88.7 Å². The number of carbonyl (C=O) groups excluding carboxylic acids is 1. The van der Waals surface area contributed by atoms with E-state index >= 15 is 0 Å². The fourth-order valence-electron chi connectivity index (χ4n) is 3.93. The molecule has 2 rings (SSSR count). The van der Waals surface area contributed by atoms with Crippen LogP contribution in [0.25, 0.3) is 0 Å². The number of rotatable bonds is 15. The summed E-state index contributed by atoms with van der Waals surface area (Å²) in [4.78, 5) is 13.1. The van der Waals surface area contributed by atoms with Gasteiger partial charge in [0.25, 0.3) is 0 Å². The van der Waals surface area contributed by atoms with Crippen molar-refractivity contribution in [1.82, 2.24) is 13.9 Å². The van der Waals surface area contributed by atoms with E-state index in [9.17, 15) is 26.7 Å². The van der Waals surface area contributed by atoms with Crippen LogP contribution >= 0.6 is 0 Å². The number of ether oxygens (including phenoxy) is 1. The van der Waals surface area contributed by atoms with Crippen molar-refractivity contribution in [3.63, 3.8) is 0 Å². The molecule has 0 aliphatic rings. The van der Waals surface area contributed by atoms with Crippen molar-refractivity contribution < 1.29 is 31.5 Å². The zero-order valence-electron chi connectivity index (χ0n) is 23.4. The highest BCUT2D eigenvalue weighted by Crippen LogP contribution is 2.22. The van der Waals surface area contributed by atoms with Gasteiger partial charge in [-0.15, -0.1) is 0 Å². The average molecular weight is 584 g/mol. The van der Waals surface area contributed by atoms with Gasteiger partial charge in [0.2, 0.25) is 26.0 Å². The molecule has 1 amide bonds. The summed E-state index contributed by atoms with van der Waals surface area (Å²) in [6.45, 7) is 5.13. The molecule has 0 spiro atoms. The lowest BCUT2D eigenvalue weighted by molar-refractivity contribution is -0.125. The second-order valence-corrected chi connectivity index (χ2v) is 14.4. The second kappa shape index (κ2) is 14.2. The Kier molecular flexibility index (Phi) is 11.9. The number of aliphatic hydroxyl groups is 1. The highest BCUT2D eigenvalue weighted by Gasteiger charge is 2.32. The quantitative estimate of drug-likeness (QED) is 0.327. The van der Waals surface area contributed by atoms with Crippen LogP contribution < -0.4 is 10.1 Å². The molecule has 218 valence electrons. The predicted molar refractivity (Wildman–Crippen MR) is 151 cm³/mol. The Bertz CT molecular complexity index is 1270. The van der Waals surface area contributed by atoms with Crippen LogP contribution in [0.2, 0.25) is 0 Å². The number of sulfonamides is 2. The van der Waals surface area contributed by atoms with Crippen molar-refractivity contribution in [1.29, 1.82) is 0 Å². The first kappa shape index (κ1) is 32.7. The molecule has 2 N–H and O–H groups in total. The van der Waals surface area contributed by atoms with Crippen molar-refractivity contribution in [2.75, 3.05) is 40.0 Å². The van der Waals surface area contributed by atoms with Crippen molar-refractivity contribution in [3.05, 3.63) is 60.2 Å². The minimum atomic E-state index is -3.98. The topological polar surface area (TPSA) is 133 Å². The number of benzene rings is 2. The Morgan fingerprint density at radius 1 is 0.949 bits per heavy atom. The first-order chi connectivity index (χ1) is 18.2.